The number of halogens is 2. The van der Waals surface area contributed by atoms with E-state index in [2.05, 4.69) is 0 Å². The van der Waals surface area contributed by atoms with Crippen LogP contribution in [0.15, 0.2) is 0 Å². The van der Waals surface area contributed by atoms with E-state index in [-0.39, 0.29) is 12.3 Å². The number of hydrogen-bond acceptors (Lipinski definition) is 1. The SMILES string of the molecule is CC1CC(F)CC(F)C1O. The third-order valence-corrected chi connectivity index (χ3v) is 2.06. The lowest BCUT2D eigenvalue weighted by Crippen LogP contribution is -2.37. The van der Waals surface area contributed by atoms with Gasteiger partial charge in [0.05, 0.1) is 6.10 Å². The Morgan fingerprint density at radius 1 is 1.30 bits per heavy atom. The van der Waals surface area contributed by atoms with Crippen LogP contribution in [0.5, 0.6) is 0 Å². The molecule has 0 aromatic carbocycles. The van der Waals surface area contributed by atoms with Crippen molar-refractivity contribution in [1.82, 2.24) is 0 Å². The number of rotatable bonds is 0. The average Bonchev–Trinajstić information content (AvgIpc) is 1.82. The summed E-state index contributed by atoms with van der Waals surface area (Å²) in [4.78, 5) is 0. The van der Waals surface area contributed by atoms with Gasteiger partial charge in [0.1, 0.15) is 12.3 Å². The van der Waals surface area contributed by atoms with Crippen LogP contribution in [0.4, 0.5) is 8.78 Å². The van der Waals surface area contributed by atoms with E-state index in [0.717, 1.165) is 0 Å². The number of aliphatic hydroxyl groups excluding tert-OH is 1. The standard InChI is InChI=1S/C7H12F2O/c1-4-2-5(8)3-6(9)7(4)10/h4-7,10H,2-3H2,1H3. The minimum atomic E-state index is -1.36. The molecule has 0 aromatic rings. The van der Waals surface area contributed by atoms with Crippen LogP contribution in [-0.4, -0.2) is 23.6 Å². The molecule has 60 valence electrons. The Balaban J connectivity index is 2.49. The van der Waals surface area contributed by atoms with Gasteiger partial charge in [0, 0.05) is 6.42 Å². The van der Waals surface area contributed by atoms with Crippen molar-refractivity contribution in [3.05, 3.63) is 0 Å². The zero-order valence-corrected chi connectivity index (χ0v) is 5.93. The number of alkyl halides is 2. The van der Waals surface area contributed by atoms with Crippen molar-refractivity contribution in [1.29, 1.82) is 0 Å². The van der Waals surface area contributed by atoms with E-state index >= 15 is 0 Å². The Labute approximate surface area is 59.0 Å². The molecule has 1 aliphatic carbocycles. The van der Waals surface area contributed by atoms with Gasteiger partial charge in [-0.1, -0.05) is 6.92 Å². The van der Waals surface area contributed by atoms with Crippen LogP contribution in [0.25, 0.3) is 0 Å². The van der Waals surface area contributed by atoms with Crippen LogP contribution < -0.4 is 0 Å². The van der Waals surface area contributed by atoms with E-state index in [0.29, 0.717) is 6.42 Å². The first-order valence-corrected chi connectivity index (χ1v) is 3.57. The van der Waals surface area contributed by atoms with Crippen LogP contribution in [0.1, 0.15) is 19.8 Å². The molecule has 0 saturated heterocycles. The quantitative estimate of drug-likeness (QED) is 0.554. The summed E-state index contributed by atoms with van der Waals surface area (Å²) in [6.07, 6.45) is -3.22. The summed E-state index contributed by atoms with van der Waals surface area (Å²) in [5, 5.41) is 9.02. The highest BCUT2D eigenvalue weighted by molar-refractivity contribution is 4.83. The predicted molar refractivity (Wildman–Crippen MR) is 34.2 cm³/mol. The molecular formula is C7H12F2O. The summed E-state index contributed by atoms with van der Waals surface area (Å²) in [7, 11) is 0. The summed E-state index contributed by atoms with van der Waals surface area (Å²) in [6.45, 7) is 1.67. The molecule has 1 aliphatic rings. The largest absolute Gasteiger partial charge is 0.390 e. The van der Waals surface area contributed by atoms with Crippen LogP contribution in [0.2, 0.25) is 0 Å². The monoisotopic (exact) mass is 150 g/mol. The molecule has 1 N–H and O–H groups in total. The predicted octanol–water partition coefficient (Wildman–Crippen LogP) is 1.45. The molecule has 3 heteroatoms. The molecular weight excluding hydrogens is 138 g/mol. The van der Waals surface area contributed by atoms with Crippen molar-refractivity contribution < 1.29 is 13.9 Å². The molecule has 4 unspecified atom stereocenters. The van der Waals surface area contributed by atoms with Gasteiger partial charge in [-0.25, -0.2) is 8.78 Å². The second-order valence-corrected chi connectivity index (χ2v) is 3.05. The van der Waals surface area contributed by atoms with Crippen molar-refractivity contribution in [2.75, 3.05) is 0 Å². The second-order valence-electron chi connectivity index (χ2n) is 3.05. The molecule has 0 aliphatic heterocycles. The van der Waals surface area contributed by atoms with Gasteiger partial charge in [0.15, 0.2) is 0 Å². The van der Waals surface area contributed by atoms with Crippen LogP contribution >= 0.6 is 0 Å². The van der Waals surface area contributed by atoms with E-state index < -0.39 is 18.4 Å². The lowest BCUT2D eigenvalue weighted by atomic mass is 9.85. The van der Waals surface area contributed by atoms with E-state index in [9.17, 15) is 8.78 Å². The summed E-state index contributed by atoms with van der Waals surface area (Å²) >= 11 is 0. The summed E-state index contributed by atoms with van der Waals surface area (Å²) in [6, 6.07) is 0. The Morgan fingerprint density at radius 3 is 2.40 bits per heavy atom. The van der Waals surface area contributed by atoms with E-state index in [1.54, 1.807) is 6.92 Å². The fourth-order valence-electron chi connectivity index (χ4n) is 1.38. The first-order chi connectivity index (χ1) is 4.61. The maximum Gasteiger partial charge on any atom is 0.129 e. The minimum Gasteiger partial charge on any atom is -0.390 e. The van der Waals surface area contributed by atoms with Gasteiger partial charge in [-0.2, -0.15) is 0 Å². The topological polar surface area (TPSA) is 20.2 Å². The number of hydrogen-bond donors (Lipinski definition) is 1. The van der Waals surface area contributed by atoms with Gasteiger partial charge in [-0.05, 0) is 12.3 Å². The Bertz CT molecular complexity index is 106. The van der Waals surface area contributed by atoms with Crippen molar-refractivity contribution in [3.8, 4) is 0 Å². The Morgan fingerprint density at radius 2 is 1.90 bits per heavy atom. The Hall–Kier alpha value is -0.180. The van der Waals surface area contributed by atoms with Gasteiger partial charge in [0.25, 0.3) is 0 Å². The van der Waals surface area contributed by atoms with Gasteiger partial charge in [-0.15, -0.1) is 0 Å². The third kappa shape index (κ3) is 1.45. The van der Waals surface area contributed by atoms with Crippen LogP contribution in [0.3, 0.4) is 0 Å². The highest BCUT2D eigenvalue weighted by atomic mass is 19.1. The molecule has 1 saturated carbocycles. The van der Waals surface area contributed by atoms with Crippen molar-refractivity contribution in [3.63, 3.8) is 0 Å². The average molecular weight is 150 g/mol. The fraction of sp³-hybridized carbons (Fsp3) is 1.00. The highest BCUT2D eigenvalue weighted by Crippen LogP contribution is 2.28. The number of aliphatic hydroxyl groups is 1. The normalized spacial score (nSPS) is 49.2. The van der Waals surface area contributed by atoms with E-state index in [1.807, 2.05) is 0 Å². The zero-order valence-electron chi connectivity index (χ0n) is 5.93. The summed E-state index contributed by atoms with van der Waals surface area (Å²) < 4.78 is 25.1. The van der Waals surface area contributed by atoms with Crippen LogP contribution in [0, 0.1) is 5.92 Å². The van der Waals surface area contributed by atoms with Gasteiger partial charge >= 0.3 is 0 Å². The second kappa shape index (κ2) is 2.82. The first kappa shape index (κ1) is 7.92. The summed E-state index contributed by atoms with van der Waals surface area (Å²) in [5.74, 6) is -0.237. The molecule has 1 fully saturated rings. The fourth-order valence-corrected chi connectivity index (χ4v) is 1.38. The first-order valence-electron chi connectivity index (χ1n) is 3.57. The Kier molecular flexibility index (Phi) is 2.24. The van der Waals surface area contributed by atoms with Crippen molar-refractivity contribution in [2.24, 2.45) is 5.92 Å². The zero-order chi connectivity index (χ0) is 7.72. The molecule has 0 spiro atoms. The smallest absolute Gasteiger partial charge is 0.129 e. The van der Waals surface area contributed by atoms with E-state index in [4.69, 9.17) is 5.11 Å². The lowest BCUT2D eigenvalue weighted by molar-refractivity contribution is -0.0217. The van der Waals surface area contributed by atoms with E-state index in [1.165, 1.54) is 0 Å². The lowest BCUT2D eigenvalue weighted by Gasteiger charge is -2.29. The van der Waals surface area contributed by atoms with Crippen LogP contribution in [-0.2, 0) is 0 Å². The third-order valence-electron chi connectivity index (χ3n) is 2.06. The minimum absolute atomic E-state index is 0.133. The maximum absolute atomic E-state index is 12.6. The molecule has 10 heavy (non-hydrogen) atoms. The molecule has 1 rings (SSSR count). The van der Waals surface area contributed by atoms with Gasteiger partial charge < -0.3 is 5.11 Å². The molecule has 0 heterocycles. The van der Waals surface area contributed by atoms with Crippen molar-refractivity contribution in [2.45, 2.75) is 38.2 Å². The molecule has 0 aromatic heterocycles. The molecule has 4 atom stereocenters. The molecule has 0 bridgehead atoms. The highest BCUT2D eigenvalue weighted by Gasteiger charge is 2.34. The molecule has 0 radical (unpaired) electrons. The maximum atomic E-state index is 12.6. The van der Waals surface area contributed by atoms with Crippen molar-refractivity contribution >= 4 is 0 Å². The van der Waals surface area contributed by atoms with Gasteiger partial charge in [-0.3, -0.25) is 0 Å². The molecule has 1 nitrogen and oxygen atoms in total. The molecule has 0 amide bonds. The summed E-state index contributed by atoms with van der Waals surface area (Å²) in [5.41, 5.74) is 0. The van der Waals surface area contributed by atoms with Gasteiger partial charge in [0.2, 0.25) is 0 Å².